The van der Waals surface area contributed by atoms with Gasteiger partial charge in [-0.3, -0.25) is 4.79 Å². The number of thiophene rings is 1. The summed E-state index contributed by atoms with van der Waals surface area (Å²) in [6.45, 7) is 0.419. The number of methoxy groups -OCH3 is 1. The standard InChI is InChI=1S/C13H14N4O3S/c1-14-12(18)9-6-17-10(7-15-9)16-5-8-3-4-21-11(8)13(19)20-2/h3-4,6-7H,5H2,1-2H3,(H,14,18)(H,16,17). The Morgan fingerprint density at radius 2 is 2.14 bits per heavy atom. The number of nitrogens with zero attached hydrogens (tertiary/aromatic N) is 2. The van der Waals surface area contributed by atoms with Gasteiger partial charge in [0.1, 0.15) is 16.4 Å². The molecule has 2 aromatic heterocycles. The monoisotopic (exact) mass is 306 g/mol. The molecule has 0 bridgehead atoms. The topological polar surface area (TPSA) is 93.2 Å². The van der Waals surface area contributed by atoms with Gasteiger partial charge in [0.2, 0.25) is 0 Å². The second kappa shape index (κ2) is 6.80. The predicted octanol–water partition coefficient (Wildman–Crippen LogP) is 1.30. The summed E-state index contributed by atoms with van der Waals surface area (Å²) in [6, 6.07) is 1.84. The molecule has 0 radical (unpaired) electrons. The SMILES string of the molecule is CNC(=O)c1cnc(NCc2ccsc2C(=O)OC)cn1. The van der Waals surface area contributed by atoms with E-state index in [0.717, 1.165) is 5.56 Å². The third kappa shape index (κ3) is 3.54. The van der Waals surface area contributed by atoms with Crippen molar-refractivity contribution in [1.82, 2.24) is 15.3 Å². The number of ether oxygens (including phenoxy) is 1. The Morgan fingerprint density at radius 1 is 1.33 bits per heavy atom. The minimum absolute atomic E-state index is 0.244. The van der Waals surface area contributed by atoms with Crippen LogP contribution < -0.4 is 10.6 Å². The summed E-state index contributed by atoms with van der Waals surface area (Å²) in [5, 5.41) is 7.34. The zero-order valence-corrected chi connectivity index (χ0v) is 12.4. The van der Waals surface area contributed by atoms with Crippen LogP contribution in [0.3, 0.4) is 0 Å². The fourth-order valence-electron chi connectivity index (χ4n) is 1.60. The molecule has 0 aromatic carbocycles. The summed E-state index contributed by atoms with van der Waals surface area (Å²) >= 11 is 1.32. The van der Waals surface area contributed by atoms with Crippen LogP contribution in [0, 0.1) is 0 Å². The average molecular weight is 306 g/mol. The third-order valence-electron chi connectivity index (χ3n) is 2.69. The first kappa shape index (κ1) is 14.9. The van der Waals surface area contributed by atoms with Gasteiger partial charge in [0, 0.05) is 13.6 Å². The van der Waals surface area contributed by atoms with E-state index in [1.165, 1.54) is 37.9 Å². The minimum Gasteiger partial charge on any atom is -0.465 e. The molecule has 0 aliphatic carbocycles. The lowest BCUT2D eigenvalue weighted by Gasteiger charge is -2.06. The molecule has 2 rings (SSSR count). The zero-order chi connectivity index (χ0) is 15.2. The van der Waals surface area contributed by atoms with Gasteiger partial charge in [-0.15, -0.1) is 11.3 Å². The molecule has 7 nitrogen and oxygen atoms in total. The van der Waals surface area contributed by atoms with Gasteiger partial charge in [0.05, 0.1) is 19.5 Å². The quantitative estimate of drug-likeness (QED) is 0.809. The van der Waals surface area contributed by atoms with Crippen molar-refractivity contribution < 1.29 is 14.3 Å². The largest absolute Gasteiger partial charge is 0.465 e. The summed E-state index contributed by atoms with van der Waals surface area (Å²) in [5.74, 6) is -0.132. The maximum atomic E-state index is 11.5. The van der Waals surface area contributed by atoms with Crippen LogP contribution in [-0.4, -0.2) is 36.0 Å². The number of anilines is 1. The highest BCUT2D eigenvalue weighted by Gasteiger charge is 2.13. The van der Waals surface area contributed by atoms with Gasteiger partial charge in [-0.2, -0.15) is 0 Å². The first-order valence-corrected chi connectivity index (χ1v) is 6.96. The van der Waals surface area contributed by atoms with Gasteiger partial charge in [0.25, 0.3) is 5.91 Å². The average Bonchev–Trinajstić information content (AvgIpc) is 3.00. The van der Waals surface area contributed by atoms with Crippen LogP contribution in [0.1, 0.15) is 25.7 Å². The Labute approximate surface area is 125 Å². The van der Waals surface area contributed by atoms with Crippen LogP contribution in [0.4, 0.5) is 5.82 Å². The summed E-state index contributed by atoms with van der Waals surface area (Å²) in [4.78, 5) is 31.5. The normalized spacial score (nSPS) is 10.0. The smallest absolute Gasteiger partial charge is 0.348 e. The summed E-state index contributed by atoms with van der Waals surface area (Å²) < 4.78 is 4.71. The maximum Gasteiger partial charge on any atom is 0.348 e. The van der Waals surface area contributed by atoms with Gasteiger partial charge in [-0.05, 0) is 17.0 Å². The van der Waals surface area contributed by atoms with E-state index in [2.05, 4.69) is 20.6 Å². The molecule has 0 atom stereocenters. The van der Waals surface area contributed by atoms with Crippen LogP contribution in [0.25, 0.3) is 0 Å². The molecule has 0 spiro atoms. The molecule has 8 heteroatoms. The van der Waals surface area contributed by atoms with Crippen molar-refractivity contribution in [1.29, 1.82) is 0 Å². The lowest BCUT2D eigenvalue weighted by molar-refractivity contribution is 0.0605. The van der Waals surface area contributed by atoms with E-state index in [0.29, 0.717) is 17.2 Å². The molecule has 21 heavy (non-hydrogen) atoms. The number of hydrogen-bond donors (Lipinski definition) is 2. The molecule has 110 valence electrons. The number of rotatable bonds is 5. The highest BCUT2D eigenvalue weighted by molar-refractivity contribution is 7.12. The number of hydrogen-bond acceptors (Lipinski definition) is 7. The Kier molecular flexibility index (Phi) is 4.83. The number of esters is 1. The lowest BCUT2D eigenvalue weighted by Crippen LogP contribution is -2.19. The van der Waals surface area contributed by atoms with Crippen LogP contribution in [0.15, 0.2) is 23.8 Å². The molecular formula is C13H14N4O3S. The molecule has 0 unspecified atom stereocenters. The molecule has 0 saturated heterocycles. The molecule has 2 aromatic rings. The van der Waals surface area contributed by atoms with E-state index >= 15 is 0 Å². The first-order valence-electron chi connectivity index (χ1n) is 6.08. The number of carbonyl (C=O) groups excluding carboxylic acids is 2. The molecule has 0 saturated carbocycles. The minimum atomic E-state index is -0.358. The van der Waals surface area contributed by atoms with Gasteiger partial charge in [-0.1, -0.05) is 0 Å². The molecular weight excluding hydrogens is 292 g/mol. The van der Waals surface area contributed by atoms with E-state index < -0.39 is 0 Å². The molecule has 2 N–H and O–H groups in total. The number of aromatic nitrogens is 2. The fraction of sp³-hybridized carbons (Fsp3) is 0.231. The van der Waals surface area contributed by atoms with Crippen molar-refractivity contribution in [2.24, 2.45) is 0 Å². The molecule has 0 aliphatic heterocycles. The van der Waals surface area contributed by atoms with Crippen molar-refractivity contribution in [3.05, 3.63) is 40.0 Å². The van der Waals surface area contributed by atoms with E-state index in [9.17, 15) is 9.59 Å². The van der Waals surface area contributed by atoms with Gasteiger partial charge in [0.15, 0.2) is 0 Å². The lowest BCUT2D eigenvalue weighted by atomic mass is 10.2. The third-order valence-corrected chi connectivity index (χ3v) is 3.63. The Hall–Kier alpha value is -2.48. The van der Waals surface area contributed by atoms with Crippen LogP contribution in [0.5, 0.6) is 0 Å². The molecule has 1 amide bonds. The van der Waals surface area contributed by atoms with Crippen LogP contribution in [0.2, 0.25) is 0 Å². The first-order chi connectivity index (χ1) is 10.2. The van der Waals surface area contributed by atoms with E-state index in [4.69, 9.17) is 4.74 Å². The molecule has 0 fully saturated rings. The van der Waals surface area contributed by atoms with E-state index in [1.54, 1.807) is 0 Å². The molecule has 0 aliphatic rings. The number of carbonyl (C=O) groups is 2. The Morgan fingerprint density at radius 3 is 2.76 bits per heavy atom. The van der Waals surface area contributed by atoms with Crippen molar-refractivity contribution in [2.75, 3.05) is 19.5 Å². The molecule has 2 heterocycles. The van der Waals surface area contributed by atoms with Crippen molar-refractivity contribution in [3.8, 4) is 0 Å². The summed E-state index contributed by atoms with van der Waals surface area (Å²) in [5.41, 5.74) is 1.07. The predicted molar refractivity (Wildman–Crippen MR) is 78.4 cm³/mol. The number of amides is 1. The van der Waals surface area contributed by atoms with Gasteiger partial charge in [-0.25, -0.2) is 14.8 Å². The second-order valence-electron chi connectivity index (χ2n) is 3.99. The van der Waals surface area contributed by atoms with E-state index in [-0.39, 0.29) is 17.6 Å². The van der Waals surface area contributed by atoms with Gasteiger partial charge >= 0.3 is 5.97 Å². The summed E-state index contributed by atoms with van der Waals surface area (Å²) in [7, 11) is 2.88. The summed E-state index contributed by atoms with van der Waals surface area (Å²) in [6.07, 6.45) is 2.85. The van der Waals surface area contributed by atoms with Crippen molar-refractivity contribution in [3.63, 3.8) is 0 Å². The zero-order valence-electron chi connectivity index (χ0n) is 11.5. The van der Waals surface area contributed by atoms with Crippen LogP contribution >= 0.6 is 11.3 Å². The van der Waals surface area contributed by atoms with Gasteiger partial charge < -0.3 is 15.4 Å². The maximum absolute atomic E-state index is 11.5. The van der Waals surface area contributed by atoms with Crippen LogP contribution in [-0.2, 0) is 11.3 Å². The highest BCUT2D eigenvalue weighted by atomic mass is 32.1. The fourth-order valence-corrected chi connectivity index (χ4v) is 2.44. The Balaban J connectivity index is 2.02. The number of nitrogens with one attached hydrogen (secondary N) is 2. The van der Waals surface area contributed by atoms with E-state index in [1.807, 2.05) is 11.4 Å². The van der Waals surface area contributed by atoms with Crippen molar-refractivity contribution >= 4 is 29.0 Å². The second-order valence-corrected chi connectivity index (χ2v) is 4.90. The highest BCUT2D eigenvalue weighted by Crippen LogP contribution is 2.18. The Bertz CT molecular complexity index is 639. The van der Waals surface area contributed by atoms with Crippen molar-refractivity contribution in [2.45, 2.75) is 6.54 Å².